The molecule has 0 fully saturated rings. The molecule has 0 saturated carbocycles. The van der Waals surface area contributed by atoms with E-state index in [1.807, 2.05) is 37.3 Å². The molecule has 2 rings (SSSR count). The average Bonchev–Trinajstić information content (AvgIpc) is 2.40. The van der Waals surface area contributed by atoms with E-state index in [0.717, 1.165) is 5.69 Å². The van der Waals surface area contributed by atoms with Gasteiger partial charge in [0.25, 0.3) is 5.91 Å². The fourth-order valence-electron chi connectivity index (χ4n) is 1.89. The highest BCUT2D eigenvalue weighted by molar-refractivity contribution is 6.40. The molecule has 0 radical (unpaired) electrons. The van der Waals surface area contributed by atoms with Gasteiger partial charge in [0, 0.05) is 12.2 Å². The van der Waals surface area contributed by atoms with Crippen molar-refractivity contribution in [2.45, 2.75) is 6.92 Å². The predicted octanol–water partition coefficient (Wildman–Crippen LogP) is 4.66. The molecule has 98 valence electrons. The maximum absolute atomic E-state index is 12.6. The number of anilines is 1. The Labute approximate surface area is 122 Å². The van der Waals surface area contributed by atoms with Crippen molar-refractivity contribution in [2.24, 2.45) is 0 Å². The van der Waals surface area contributed by atoms with Crippen LogP contribution < -0.4 is 4.90 Å². The number of carbonyl (C=O) groups is 1. The summed E-state index contributed by atoms with van der Waals surface area (Å²) in [6, 6.07) is 14.5. The quantitative estimate of drug-likeness (QED) is 0.806. The lowest BCUT2D eigenvalue weighted by Crippen LogP contribution is -2.31. The van der Waals surface area contributed by atoms with Gasteiger partial charge in [0.05, 0.1) is 15.6 Å². The molecule has 0 aliphatic carbocycles. The Morgan fingerprint density at radius 3 is 2.11 bits per heavy atom. The molecule has 0 N–H and O–H groups in total. The van der Waals surface area contributed by atoms with Crippen LogP contribution in [0.25, 0.3) is 0 Å². The van der Waals surface area contributed by atoms with Crippen LogP contribution in [0.2, 0.25) is 10.0 Å². The minimum Gasteiger partial charge on any atom is -0.309 e. The number of hydrogen-bond donors (Lipinski definition) is 0. The number of amides is 1. The normalized spacial score (nSPS) is 10.3. The zero-order chi connectivity index (χ0) is 13.8. The highest BCUT2D eigenvalue weighted by Gasteiger charge is 2.21. The van der Waals surface area contributed by atoms with Crippen molar-refractivity contribution in [1.29, 1.82) is 0 Å². The molecule has 0 bridgehead atoms. The minimum atomic E-state index is -0.190. The van der Waals surface area contributed by atoms with Crippen LogP contribution in [-0.2, 0) is 0 Å². The third kappa shape index (κ3) is 2.91. The molecule has 19 heavy (non-hydrogen) atoms. The smallest absolute Gasteiger partial charge is 0.261 e. The maximum Gasteiger partial charge on any atom is 0.261 e. The standard InChI is InChI=1S/C15H13Cl2NO/c1-2-18(11-7-4-3-5-8-11)15(19)14-12(16)9-6-10-13(14)17/h3-10H,2H2,1H3. The SMILES string of the molecule is CCN(C(=O)c1c(Cl)cccc1Cl)c1ccccc1. The number of halogens is 2. The van der Waals surface area contributed by atoms with Crippen molar-refractivity contribution in [3.8, 4) is 0 Å². The van der Waals surface area contributed by atoms with E-state index in [2.05, 4.69) is 0 Å². The van der Waals surface area contributed by atoms with E-state index in [4.69, 9.17) is 23.2 Å². The molecule has 0 aliphatic rings. The Morgan fingerprint density at radius 2 is 1.58 bits per heavy atom. The van der Waals surface area contributed by atoms with Gasteiger partial charge in [-0.15, -0.1) is 0 Å². The summed E-state index contributed by atoms with van der Waals surface area (Å²) in [5, 5.41) is 0.735. The van der Waals surface area contributed by atoms with Gasteiger partial charge in [-0.25, -0.2) is 0 Å². The van der Waals surface area contributed by atoms with E-state index < -0.39 is 0 Å². The second-order valence-corrected chi connectivity index (χ2v) is 4.80. The number of benzene rings is 2. The third-order valence-corrected chi connectivity index (χ3v) is 3.44. The second kappa shape index (κ2) is 6.09. The highest BCUT2D eigenvalue weighted by Crippen LogP contribution is 2.27. The Hall–Kier alpha value is -1.51. The molecular weight excluding hydrogens is 281 g/mol. The largest absolute Gasteiger partial charge is 0.309 e. The molecule has 1 amide bonds. The van der Waals surface area contributed by atoms with E-state index in [1.54, 1.807) is 23.1 Å². The van der Waals surface area contributed by atoms with Crippen LogP contribution >= 0.6 is 23.2 Å². The van der Waals surface area contributed by atoms with Crippen LogP contribution in [0.1, 0.15) is 17.3 Å². The minimum absolute atomic E-state index is 0.190. The van der Waals surface area contributed by atoms with Crippen molar-refractivity contribution >= 4 is 34.8 Å². The van der Waals surface area contributed by atoms with Crippen molar-refractivity contribution in [3.05, 3.63) is 64.1 Å². The highest BCUT2D eigenvalue weighted by atomic mass is 35.5. The van der Waals surface area contributed by atoms with Gasteiger partial charge in [-0.05, 0) is 31.2 Å². The summed E-state index contributed by atoms with van der Waals surface area (Å²) in [4.78, 5) is 14.2. The van der Waals surface area contributed by atoms with Crippen LogP contribution in [0, 0.1) is 0 Å². The average molecular weight is 294 g/mol. The van der Waals surface area contributed by atoms with Gasteiger partial charge in [-0.1, -0.05) is 47.5 Å². The molecular formula is C15H13Cl2NO. The van der Waals surface area contributed by atoms with E-state index >= 15 is 0 Å². The summed E-state index contributed by atoms with van der Waals surface area (Å²) in [7, 11) is 0. The number of hydrogen-bond acceptors (Lipinski definition) is 1. The predicted molar refractivity (Wildman–Crippen MR) is 80.3 cm³/mol. The lowest BCUT2D eigenvalue weighted by molar-refractivity contribution is 0.0988. The topological polar surface area (TPSA) is 20.3 Å². The van der Waals surface area contributed by atoms with Crippen molar-refractivity contribution in [2.75, 3.05) is 11.4 Å². The first kappa shape index (κ1) is 13.9. The number of para-hydroxylation sites is 1. The Bertz CT molecular complexity index is 564. The Kier molecular flexibility index (Phi) is 4.46. The summed E-state index contributed by atoms with van der Waals surface area (Å²) >= 11 is 12.2. The molecule has 0 atom stereocenters. The molecule has 2 aromatic rings. The van der Waals surface area contributed by atoms with Crippen LogP contribution in [0.3, 0.4) is 0 Å². The van der Waals surface area contributed by atoms with Gasteiger partial charge in [0.15, 0.2) is 0 Å². The molecule has 2 aromatic carbocycles. The molecule has 0 heterocycles. The van der Waals surface area contributed by atoms with Crippen LogP contribution in [0.4, 0.5) is 5.69 Å². The molecule has 0 unspecified atom stereocenters. The fourth-order valence-corrected chi connectivity index (χ4v) is 2.45. The second-order valence-electron chi connectivity index (χ2n) is 3.98. The zero-order valence-corrected chi connectivity index (χ0v) is 11.9. The van der Waals surface area contributed by atoms with Gasteiger partial charge in [0.1, 0.15) is 0 Å². The van der Waals surface area contributed by atoms with E-state index in [0.29, 0.717) is 22.2 Å². The monoisotopic (exact) mass is 293 g/mol. The Morgan fingerprint density at radius 1 is 1.00 bits per heavy atom. The first-order valence-corrected chi connectivity index (χ1v) is 6.71. The van der Waals surface area contributed by atoms with Gasteiger partial charge < -0.3 is 4.90 Å². The number of nitrogens with zero attached hydrogens (tertiary/aromatic N) is 1. The maximum atomic E-state index is 12.6. The van der Waals surface area contributed by atoms with Gasteiger partial charge in [-0.3, -0.25) is 4.79 Å². The lowest BCUT2D eigenvalue weighted by atomic mass is 10.1. The van der Waals surface area contributed by atoms with Crippen molar-refractivity contribution in [1.82, 2.24) is 0 Å². The fraction of sp³-hybridized carbons (Fsp3) is 0.133. The molecule has 0 aliphatic heterocycles. The van der Waals surface area contributed by atoms with E-state index in [1.165, 1.54) is 0 Å². The Balaban J connectivity index is 2.42. The summed E-state index contributed by atoms with van der Waals surface area (Å²) < 4.78 is 0. The molecule has 0 aromatic heterocycles. The first-order valence-electron chi connectivity index (χ1n) is 5.96. The third-order valence-electron chi connectivity index (χ3n) is 2.81. The first-order chi connectivity index (χ1) is 9.15. The van der Waals surface area contributed by atoms with Crippen LogP contribution in [0.15, 0.2) is 48.5 Å². The summed E-state index contributed by atoms with van der Waals surface area (Å²) in [6.07, 6.45) is 0. The van der Waals surface area contributed by atoms with E-state index in [-0.39, 0.29) is 5.91 Å². The lowest BCUT2D eigenvalue weighted by Gasteiger charge is -2.22. The van der Waals surface area contributed by atoms with Gasteiger partial charge in [0.2, 0.25) is 0 Å². The molecule has 0 saturated heterocycles. The number of carbonyl (C=O) groups excluding carboxylic acids is 1. The van der Waals surface area contributed by atoms with Gasteiger partial charge >= 0.3 is 0 Å². The molecule has 2 nitrogen and oxygen atoms in total. The summed E-state index contributed by atoms with van der Waals surface area (Å²) in [5.74, 6) is -0.190. The van der Waals surface area contributed by atoms with E-state index in [9.17, 15) is 4.79 Å². The van der Waals surface area contributed by atoms with Crippen molar-refractivity contribution < 1.29 is 4.79 Å². The van der Waals surface area contributed by atoms with Crippen LogP contribution in [-0.4, -0.2) is 12.5 Å². The van der Waals surface area contributed by atoms with Gasteiger partial charge in [-0.2, -0.15) is 0 Å². The number of rotatable bonds is 3. The zero-order valence-electron chi connectivity index (χ0n) is 10.4. The molecule has 0 spiro atoms. The van der Waals surface area contributed by atoms with Crippen molar-refractivity contribution in [3.63, 3.8) is 0 Å². The summed E-state index contributed by atoms with van der Waals surface area (Å²) in [5.41, 5.74) is 1.17. The summed E-state index contributed by atoms with van der Waals surface area (Å²) in [6.45, 7) is 2.46. The van der Waals surface area contributed by atoms with Crippen LogP contribution in [0.5, 0.6) is 0 Å². The molecule has 4 heteroatoms.